The number of rotatable bonds is 5. The molecule has 7 heteroatoms. The van der Waals surface area contributed by atoms with Crippen LogP contribution in [0.15, 0.2) is 24.3 Å². The molecule has 27 heavy (non-hydrogen) atoms. The van der Waals surface area contributed by atoms with E-state index < -0.39 is 13.6 Å². The maximum Gasteiger partial charge on any atom is 0.573 e. The molecule has 0 amide bonds. The van der Waals surface area contributed by atoms with Crippen molar-refractivity contribution in [2.24, 2.45) is 0 Å². The van der Waals surface area contributed by atoms with Gasteiger partial charge in [-0.2, -0.15) is 0 Å². The third kappa shape index (κ3) is 5.63. The van der Waals surface area contributed by atoms with Crippen LogP contribution in [0.2, 0.25) is 0 Å². The molecule has 0 unspecified atom stereocenters. The molecule has 1 aromatic rings. The summed E-state index contributed by atoms with van der Waals surface area (Å²) >= 11 is 6.58. The Hall–Kier alpha value is 0.192. The van der Waals surface area contributed by atoms with E-state index >= 15 is 0 Å². The predicted octanol–water partition coefficient (Wildman–Crippen LogP) is 7.25. The van der Waals surface area contributed by atoms with Gasteiger partial charge in [-0.25, -0.2) is 0 Å². The Morgan fingerprint density at radius 3 is 1.67 bits per heavy atom. The van der Waals surface area contributed by atoms with Gasteiger partial charge in [-0.3, -0.25) is 0 Å². The summed E-state index contributed by atoms with van der Waals surface area (Å²) < 4.78 is 41.5. The average molecular weight is 513 g/mol. The second-order valence-corrected chi connectivity index (χ2v) is 12.0. The van der Waals surface area contributed by atoms with Crippen LogP contribution in [0.4, 0.5) is 13.2 Å². The Kier molecular flexibility index (Phi) is 8.95. The molecule has 0 radical (unpaired) electrons. The van der Waals surface area contributed by atoms with Crippen LogP contribution in [-0.4, -0.2) is 17.7 Å². The second kappa shape index (κ2) is 10.3. The van der Waals surface area contributed by atoms with Gasteiger partial charge in [0, 0.05) is 31.7 Å². The van der Waals surface area contributed by atoms with Crippen molar-refractivity contribution in [1.82, 2.24) is 0 Å². The average Bonchev–Trinajstić information content (AvgIpc) is 2.65. The molecule has 1 aromatic carbocycles. The normalized spacial score (nSPS) is 20.1. The van der Waals surface area contributed by atoms with E-state index in [4.69, 9.17) is 11.6 Å². The zero-order valence-corrected chi connectivity index (χ0v) is 18.5. The van der Waals surface area contributed by atoms with Crippen LogP contribution in [0.5, 0.6) is 5.75 Å². The SMILES string of the molecule is FC(F)(F)Oc1ccc([P+]([CH-]Cl)(C2CCCCC2)C2CCCCC2)cc1.[Pd]. The minimum atomic E-state index is -4.65. The Morgan fingerprint density at radius 2 is 1.30 bits per heavy atom. The van der Waals surface area contributed by atoms with Gasteiger partial charge < -0.3 is 16.3 Å². The third-order valence-corrected chi connectivity index (χ3v) is 12.0. The molecular weight excluding hydrogens is 486 g/mol. The Labute approximate surface area is 179 Å². The molecular formula is C20H27ClF3OPPd. The standard InChI is InChI=1S/C20H27ClF3OP.Pd/c21-15-26(17-7-3-1-4-8-17,18-9-5-2-6-10-18)19-13-11-16(12-14-19)25-20(22,23)24;/h11-15,17-18H,1-10H2;. The van der Waals surface area contributed by atoms with E-state index in [2.05, 4.69) is 4.74 Å². The smallest absolute Gasteiger partial charge is 0.406 e. The Bertz CT molecular complexity index is 552. The maximum atomic E-state index is 12.5. The fourth-order valence-electron chi connectivity index (χ4n) is 4.86. The van der Waals surface area contributed by atoms with Crippen molar-refractivity contribution < 1.29 is 38.3 Å². The molecule has 0 saturated heterocycles. The van der Waals surface area contributed by atoms with Gasteiger partial charge in [0.15, 0.2) is 0 Å². The summed E-state index contributed by atoms with van der Waals surface area (Å²) in [6.07, 6.45) is 7.60. The van der Waals surface area contributed by atoms with Crippen LogP contribution < -0.4 is 10.0 Å². The summed E-state index contributed by atoms with van der Waals surface area (Å²) in [4.78, 5) is 0. The summed E-state index contributed by atoms with van der Waals surface area (Å²) in [5, 5.41) is 1.15. The molecule has 0 N–H and O–H groups in total. The summed E-state index contributed by atoms with van der Waals surface area (Å²) in [6, 6.07) is 6.61. The first-order chi connectivity index (χ1) is 12.5. The second-order valence-electron chi connectivity index (χ2n) is 7.56. The van der Waals surface area contributed by atoms with Gasteiger partial charge in [-0.15, -0.1) is 13.2 Å². The van der Waals surface area contributed by atoms with Crippen molar-refractivity contribution in [3.8, 4) is 5.75 Å². The molecule has 0 atom stereocenters. The fraction of sp³-hybridized carbons (Fsp3) is 0.650. The first-order valence-corrected chi connectivity index (χ1v) is 12.1. The molecule has 2 aliphatic carbocycles. The van der Waals surface area contributed by atoms with Gasteiger partial charge in [0.1, 0.15) is 5.75 Å². The van der Waals surface area contributed by atoms with E-state index in [1.165, 1.54) is 76.3 Å². The van der Waals surface area contributed by atoms with Crippen LogP contribution in [0, 0.1) is 5.62 Å². The number of ether oxygens (including phenoxy) is 1. The van der Waals surface area contributed by atoms with Crippen molar-refractivity contribution in [1.29, 1.82) is 0 Å². The van der Waals surface area contributed by atoms with Crippen LogP contribution in [0.25, 0.3) is 0 Å². The van der Waals surface area contributed by atoms with E-state index in [0.29, 0.717) is 11.3 Å². The molecule has 2 fully saturated rings. The topological polar surface area (TPSA) is 9.23 Å². The molecule has 0 aliphatic heterocycles. The number of hydrogen-bond acceptors (Lipinski definition) is 1. The van der Waals surface area contributed by atoms with Crippen molar-refractivity contribution in [2.45, 2.75) is 81.9 Å². The van der Waals surface area contributed by atoms with Crippen LogP contribution in [0.3, 0.4) is 0 Å². The predicted molar refractivity (Wildman–Crippen MR) is 104 cm³/mol. The van der Waals surface area contributed by atoms with Crippen molar-refractivity contribution in [2.75, 3.05) is 0 Å². The van der Waals surface area contributed by atoms with E-state index in [1.807, 2.05) is 17.8 Å². The van der Waals surface area contributed by atoms with Gasteiger partial charge in [0.25, 0.3) is 0 Å². The quantitative estimate of drug-likeness (QED) is 0.229. The molecule has 156 valence electrons. The molecule has 1 nitrogen and oxygen atoms in total. The first kappa shape index (κ1) is 23.5. The van der Waals surface area contributed by atoms with Crippen molar-refractivity contribution in [3.05, 3.63) is 29.9 Å². The Balaban J connectivity index is 0.00000261. The van der Waals surface area contributed by atoms with Gasteiger partial charge in [0.05, 0.1) is 5.30 Å². The molecule has 0 bridgehead atoms. The summed E-state index contributed by atoms with van der Waals surface area (Å²) in [6.45, 7) is 0. The first-order valence-electron chi connectivity index (χ1n) is 9.65. The maximum absolute atomic E-state index is 12.5. The molecule has 0 aromatic heterocycles. The van der Waals surface area contributed by atoms with Gasteiger partial charge >= 0.3 is 6.36 Å². The summed E-state index contributed by atoms with van der Waals surface area (Å²) in [5.74, 6) is -0.152. The number of benzene rings is 1. The van der Waals surface area contributed by atoms with Gasteiger partial charge in [0.2, 0.25) is 0 Å². The van der Waals surface area contributed by atoms with Crippen LogP contribution in [0.1, 0.15) is 64.2 Å². The summed E-state index contributed by atoms with van der Waals surface area (Å²) in [7, 11) is -1.75. The number of hydrogen-bond donors (Lipinski definition) is 0. The van der Waals surface area contributed by atoms with E-state index in [-0.39, 0.29) is 26.2 Å². The zero-order valence-electron chi connectivity index (χ0n) is 15.3. The fourth-order valence-corrected chi connectivity index (χ4v) is 11.1. The molecule has 3 rings (SSSR count). The van der Waals surface area contributed by atoms with E-state index in [9.17, 15) is 13.2 Å². The van der Waals surface area contributed by atoms with E-state index in [1.54, 1.807) is 0 Å². The molecule has 0 heterocycles. The van der Waals surface area contributed by atoms with Crippen LogP contribution in [-0.2, 0) is 20.4 Å². The van der Waals surface area contributed by atoms with Gasteiger partial charge in [-0.1, -0.05) is 25.7 Å². The number of halogens is 4. The summed E-state index contributed by atoms with van der Waals surface area (Å²) in [5.41, 5.74) is 3.11. The zero-order chi connectivity index (χ0) is 18.6. The largest absolute Gasteiger partial charge is 0.573 e. The Morgan fingerprint density at radius 1 is 0.852 bits per heavy atom. The van der Waals surface area contributed by atoms with Crippen molar-refractivity contribution >= 4 is 24.2 Å². The van der Waals surface area contributed by atoms with Gasteiger partial charge in [-0.05, 0) is 75.6 Å². The molecule has 2 aliphatic rings. The minimum Gasteiger partial charge on any atom is -0.406 e. The van der Waals surface area contributed by atoms with E-state index in [0.717, 1.165) is 5.30 Å². The molecule has 2 saturated carbocycles. The molecule has 0 spiro atoms. The number of alkyl halides is 3. The monoisotopic (exact) mass is 512 g/mol. The minimum absolute atomic E-state index is 0. The third-order valence-electron chi connectivity index (χ3n) is 6.04. The van der Waals surface area contributed by atoms with Crippen LogP contribution >= 0.6 is 18.9 Å². The van der Waals surface area contributed by atoms with Crippen molar-refractivity contribution in [3.63, 3.8) is 0 Å².